The molecule has 0 saturated carbocycles. The number of piperidine rings is 1. The fourth-order valence-electron chi connectivity index (χ4n) is 6.02. The van der Waals surface area contributed by atoms with Crippen molar-refractivity contribution in [3.63, 3.8) is 0 Å². The summed E-state index contributed by atoms with van der Waals surface area (Å²) >= 11 is 13.2. The predicted octanol–water partition coefficient (Wildman–Crippen LogP) is 6.78. The van der Waals surface area contributed by atoms with Crippen molar-refractivity contribution in [2.75, 3.05) is 23.7 Å². The molecule has 0 spiro atoms. The maximum absolute atomic E-state index is 9.98. The van der Waals surface area contributed by atoms with Crippen LogP contribution in [0, 0.1) is 18.3 Å². The van der Waals surface area contributed by atoms with Gasteiger partial charge in [0, 0.05) is 72.1 Å². The maximum atomic E-state index is 9.98. The SMILES string of the molecule is Cc1ccc(Nc2c(C#N)cnc3c(Cl)cc(N[C@H](C4=CN(C5CCN(C(C)(C)C)CC5)NN4)c4ccnn4C)cc23)cc1Cl. The van der Waals surface area contributed by atoms with Gasteiger partial charge < -0.3 is 16.1 Å². The van der Waals surface area contributed by atoms with Gasteiger partial charge in [0.25, 0.3) is 0 Å². The van der Waals surface area contributed by atoms with Crippen molar-refractivity contribution in [2.45, 2.75) is 58.2 Å². The van der Waals surface area contributed by atoms with Crippen molar-refractivity contribution in [3.8, 4) is 6.07 Å². The van der Waals surface area contributed by atoms with Gasteiger partial charge in [0.2, 0.25) is 0 Å². The third-order valence-electron chi connectivity index (χ3n) is 8.68. The molecule has 0 bridgehead atoms. The summed E-state index contributed by atoms with van der Waals surface area (Å²) in [5.74, 6) is 0. The molecule has 4 aromatic rings. The number of halogens is 2. The van der Waals surface area contributed by atoms with E-state index in [1.165, 1.54) is 6.20 Å². The minimum absolute atomic E-state index is 0.171. The van der Waals surface area contributed by atoms with E-state index in [1.54, 1.807) is 6.20 Å². The smallest absolute Gasteiger partial charge is 0.111 e. The van der Waals surface area contributed by atoms with Crippen LogP contribution in [0.2, 0.25) is 10.0 Å². The molecule has 0 aliphatic carbocycles. The molecule has 4 N–H and O–H groups in total. The lowest BCUT2D eigenvalue weighted by Crippen LogP contribution is -2.52. The monoisotopic (exact) mass is 644 g/mol. The number of hydrogen-bond donors (Lipinski definition) is 4. The number of likely N-dealkylation sites (tertiary alicyclic amines) is 1. The maximum Gasteiger partial charge on any atom is 0.111 e. The van der Waals surface area contributed by atoms with E-state index in [0.29, 0.717) is 38.2 Å². The summed E-state index contributed by atoms with van der Waals surface area (Å²) in [5, 5.41) is 25.5. The first-order valence-electron chi connectivity index (χ1n) is 15.1. The number of benzene rings is 2. The van der Waals surface area contributed by atoms with Gasteiger partial charge in [-0.2, -0.15) is 10.4 Å². The van der Waals surface area contributed by atoms with Crippen LogP contribution >= 0.6 is 23.2 Å². The van der Waals surface area contributed by atoms with Gasteiger partial charge in [0.15, 0.2) is 0 Å². The molecule has 2 aromatic heterocycles. The first kappa shape index (κ1) is 31.0. The summed E-state index contributed by atoms with van der Waals surface area (Å²) in [7, 11) is 1.93. The van der Waals surface area contributed by atoms with Crippen molar-refractivity contribution in [2.24, 2.45) is 7.05 Å². The average Bonchev–Trinajstić information content (AvgIpc) is 3.67. The van der Waals surface area contributed by atoms with Crippen LogP contribution in [-0.4, -0.2) is 49.3 Å². The number of hydrazine groups is 2. The van der Waals surface area contributed by atoms with Crippen LogP contribution in [0.15, 0.2) is 60.7 Å². The zero-order valence-corrected chi connectivity index (χ0v) is 27.6. The topological polar surface area (TPSA) is 109 Å². The molecule has 12 heteroatoms. The van der Waals surface area contributed by atoms with E-state index in [0.717, 1.165) is 54.3 Å². The number of fused-ring (bicyclic) bond motifs is 1. The van der Waals surface area contributed by atoms with Crippen LogP contribution in [0.25, 0.3) is 10.9 Å². The van der Waals surface area contributed by atoms with Gasteiger partial charge in [0.05, 0.1) is 33.2 Å². The minimum Gasteiger partial charge on any atom is -0.371 e. The van der Waals surface area contributed by atoms with Gasteiger partial charge in [-0.05, 0) is 76.4 Å². The molecule has 4 heterocycles. The highest BCUT2D eigenvalue weighted by Gasteiger charge is 2.32. The molecule has 1 fully saturated rings. The first-order chi connectivity index (χ1) is 21.5. The number of anilines is 3. The first-order valence-corrected chi connectivity index (χ1v) is 15.8. The van der Waals surface area contributed by atoms with Crippen LogP contribution < -0.4 is 21.6 Å². The molecule has 1 saturated heterocycles. The molecule has 10 nitrogen and oxygen atoms in total. The van der Waals surface area contributed by atoms with Gasteiger partial charge in [-0.25, -0.2) is 0 Å². The van der Waals surface area contributed by atoms with E-state index in [-0.39, 0.29) is 11.6 Å². The highest BCUT2D eigenvalue weighted by molar-refractivity contribution is 6.36. The second kappa shape index (κ2) is 12.4. The Balaban J connectivity index is 1.33. The van der Waals surface area contributed by atoms with Crippen molar-refractivity contribution in [1.82, 2.24) is 35.6 Å². The highest BCUT2D eigenvalue weighted by atomic mass is 35.5. The summed E-state index contributed by atoms with van der Waals surface area (Å²) in [6.45, 7) is 10.9. The Morgan fingerprint density at radius 3 is 2.49 bits per heavy atom. The van der Waals surface area contributed by atoms with Gasteiger partial charge in [-0.15, -0.1) is 5.53 Å². The second-order valence-corrected chi connectivity index (χ2v) is 13.5. The van der Waals surface area contributed by atoms with E-state index in [4.69, 9.17) is 23.2 Å². The van der Waals surface area contributed by atoms with Crippen molar-refractivity contribution in [1.29, 1.82) is 5.26 Å². The van der Waals surface area contributed by atoms with Crippen LogP contribution in [-0.2, 0) is 7.05 Å². The number of nitriles is 1. The second-order valence-electron chi connectivity index (χ2n) is 12.7. The molecule has 1 atom stereocenters. The number of aromatic nitrogens is 3. The Bertz CT molecular complexity index is 1790. The Labute approximate surface area is 273 Å². The Hall–Kier alpha value is -4.01. The third kappa shape index (κ3) is 6.40. The lowest BCUT2D eigenvalue weighted by atomic mass is 9.98. The van der Waals surface area contributed by atoms with E-state index < -0.39 is 0 Å². The molecule has 45 heavy (non-hydrogen) atoms. The van der Waals surface area contributed by atoms with Crippen LogP contribution in [0.3, 0.4) is 0 Å². The molecular formula is C33H38Cl2N10. The number of rotatable bonds is 7. The Kier molecular flexibility index (Phi) is 8.55. The standard InChI is InChI=1S/C33H38Cl2N10/c1-20-6-7-22(15-26(20)34)39-30-21(17-36)18-37-31-25(30)14-23(16-27(31)35)40-32(29-8-11-38-43(29)5)28-19-45(42-41-28)24-9-12-44(13-10-24)33(2,3)4/h6-8,11,14-16,18-19,24,32,40-42H,9-10,12-13H2,1-5H3,(H,37,39)/t32-/m1/s1. The molecular weight excluding hydrogens is 607 g/mol. The average molecular weight is 646 g/mol. The quantitative estimate of drug-likeness (QED) is 0.173. The lowest BCUT2D eigenvalue weighted by Gasteiger charge is -2.42. The van der Waals surface area contributed by atoms with E-state index in [9.17, 15) is 5.26 Å². The zero-order valence-electron chi connectivity index (χ0n) is 26.1. The van der Waals surface area contributed by atoms with Crippen molar-refractivity contribution >= 4 is 51.2 Å². The van der Waals surface area contributed by atoms with E-state index in [1.807, 2.05) is 55.1 Å². The zero-order chi connectivity index (χ0) is 31.9. The number of nitrogens with one attached hydrogen (secondary N) is 4. The highest BCUT2D eigenvalue weighted by Crippen LogP contribution is 2.37. The summed E-state index contributed by atoms with van der Waals surface area (Å²) in [6.07, 6.45) is 7.61. The van der Waals surface area contributed by atoms with Gasteiger partial charge in [-0.3, -0.25) is 19.6 Å². The number of nitrogens with zero attached hydrogens (tertiary/aromatic N) is 6. The third-order valence-corrected chi connectivity index (χ3v) is 9.37. The Morgan fingerprint density at radius 2 is 1.82 bits per heavy atom. The van der Waals surface area contributed by atoms with Crippen LogP contribution in [0.5, 0.6) is 0 Å². The summed E-state index contributed by atoms with van der Waals surface area (Å²) in [6, 6.07) is 13.9. The summed E-state index contributed by atoms with van der Waals surface area (Å²) in [5.41, 5.74) is 13.0. The fourth-order valence-corrected chi connectivity index (χ4v) is 6.47. The predicted molar refractivity (Wildman–Crippen MR) is 181 cm³/mol. The Morgan fingerprint density at radius 1 is 1.07 bits per heavy atom. The van der Waals surface area contributed by atoms with Crippen LogP contribution in [0.4, 0.5) is 17.1 Å². The molecule has 6 rings (SSSR count). The van der Waals surface area contributed by atoms with Crippen molar-refractivity contribution < 1.29 is 0 Å². The molecule has 234 valence electrons. The normalized spacial score (nSPS) is 16.8. The molecule has 2 aliphatic rings. The van der Waals surface area contributed by atoms with Gasteiger partial charge >= 0.3 is 0 Å². The molecule has 0 unspecified atom stereocenters. The number of aryl methyl sites for hydroxylation is 2. The van der Waals surface area contributed by atoms with Gasteiger partial charge in [0.1, 0.15) is 12.1 Å². The van der Waals surface area contributed by atoms with E-state index >= 15 is 0 Å². The van der Waals surface area contributed by atoms with Crippen LogP contribution in [0.1, 0.15) is 56.5 Å². The summed E-state index contributed by atoms with van der Waals surface area (Å²) in [4.78, 5) is 7.07. The molecule has 2 aliphatic heterocycles. The van der Waals surface area contributed by atoms with Crippen molar-refractivity contribution in [3.05, 3.63) is 87.6 Å². The van der Waals surface area contributed by atoms with Gasteiger partial charge in [-0.1, -0.05) is 29.3 Å². The largest absolute Gasteiger partial charge is 0.371 e. The minimum atomic E-state index is -0.280. The summed E-state index contributed by atoms with van der Waals surface area (Å²) < 4.78 is 1.86. The fraction of sp³-hybridized carbons (Fsp3) is 0.364. The molecule has 0 radical (unpaired) electrons. The number of pyridine rings is 1. The molecule has 2 aromatic carbocycles. The molecule has 0 amide bonds. The lowest BCUT2D eigenvalue weighted by molar-refractivity contribution is 0.0570. The number of hydrogen-bond acceptors (Lipinski definition) is 9. The van der Waals surface area contributed by atoms with E-state index in [2.05, 4.69) is 74.6 Å².